The highest BCUT2D eigenvalue weighted by Gasteiger charge is 2.14. The molecule has 1 aromatic carbocycles. The van der Waals surface area contributed by atoms with Gasteiger partial charge in [-0.1, -0.05) is 23.4 Å². The van der Waals surface area contributed by atoms with Gasteiger partial charge in [0.25, 0.3) is 0 Å². The van der Waals surface area contributed by atoms with Crippen LogP contribution in [0.1, 0.15) is 12.3 Å². The van der Waals surface area contributed by atoms with Gasteiger partial charge in [-0.3, -0.25) is 4.98 Å². The van der Waals surface area contributed by atoms with Crippen LogP contribution in [0.3, 0.4) is 0 Å². The van der Waals surface area contributed by atoms with Crippen LogP contribution < -0.4 is 0 Å². The first-order valence-corrected chi connectivity index (χ1v) is 8.05. The summed E-state index contributed by atoms with van der Waals surface area (Å²) in [5.74, 6) is 1.69. The van der Waals surface area contributed by atoms with E-state index in [9.17, 15) is 0 Å². The number of fused-ring (bicyclic) bond motifs is 3. The van der Waals surface area contributed by atoms with Crippen LogP contribution >= 0.6 is 11.6 Å². The third-order valence-corrected chi connectivity index (χ3v) is 4.20. The number of hydrogen-bond donors (Lipinski definition) is 0. The maximum atomic E-state index is 5.87. The Labute approximate surface area is 137 Å². The third-order valence-electron chi connectivity index (χ3n) is 3.93. The zero-order valence-corrected chi connectivity index (χ0v) is 13.4. The predicted molar refractivity (Wildman–Crippen MR) is 90.6 cm³/mol. The summed E-state index contributed by atoms with van der Waals surface area (Å²) in [4.78, 5) is 8.78. The predicted octanol–water partition coefficient (Wildman–Crippen LogP) is 4.18. The van der Waals surface area contributed by atoms with Gasteiger partial charge in [-0.05, 0) is 18.6 Å². The fraction of sp³-hybridized carbons (Fsp3) is 0.235. The molecule has 6 heteroatoms. The molecule has 0 atom stereocenters. The summed E-state index contributed by atoms with van der Waals surface area (Å²) < 4.78 is 7.32. The van der Waals surface area contributed by atoms with E-state index < -0.39 is 0 Å². The molecule has 0 fully saturated rings. The molecule has 0 spiro atoms. The maximum Gasteiger partial charge on any atom is 0.223 e. The minimum atomic E-state index is 0.516. The van der Waals surface area contributed by atoms with Crippen molar-refractivity contribution in [2.75, 3.05) is 5.88 Å². The van der Waals surface area contributed by atoms with E-state index in [1.165, 1.54) is 10.9 Å². The number of para-hydroxylation sites is 1. The summed E-state index contributed by atoms with van der Waals surface area (Å²) in [5, 5.41) is 6.29. The molecule has 0 N–H and O–H groups in total. The van der Waals surface area contributed by atoms with Crippen LogP contribution in [0.5, 0.6) is 0 Å². The van der Waals surface area contributed by atoms with Crippen LogP contribution in [-0.4, -0.2) is 25.6 Å². The Bertz CT molecular complexity index is 989. The van der Waals surface area contributed by atoms with E-state index in [-0.39, 0.29) is 0 Å². The van der Waals surface area contributed by atoms with Crippen LogP contribution in [0.15, 0.2) is 41.1 Å². The number of benzene rings is 1. The molecule has 0 unspecified atom stereocenters. The van der Waals surface area contributed by atoms with E-state index in [1.54, 1.807) is 6.92 Å². The molecular weight excluding hydrogens is 312 g/mol. The molecule has 0 bridgehead atoms. The highest BCUT2D eigenvalue weighted by atomic mass is 35.5. The second kappa shape index (κ2) is 5.66. The topological polar surface area (TPSA) is 56.7 Å². The van der Waals surface area contributed by atoms with Crippen LogP contribution in [0, 0.1) is 6.92 Å². The Morgan fingerprint density at radius 1 is 1.17 bits per heavy atom. The van der Waals surface area contributed by atoms with Crippen molar-refractivity contribution in [3.8, 4) is 11.5 Å². The highest BCUT2D eigenvalue weighted by molar-refractivity contribution is 6.17. The smallest absolute Gasteiger partial charge is 0.223 e. The fourth-order valence-corrected chi connectivity index (χ4v) is 3.05. The average molecular weight is 327 g/mol. The summed E-state index contributed by atoms with van der Waals surface area (Å²) >= 11 is 5.87. The van der Waals surface area contributed by atoms with Gasteiger partial charge in [0.1, 0.15) is 5.69 Å². The zero-order chi connectivity index (χ0) is 15.8. The molecule has 0 aliphatic heterocycles. The number of pyridine rings is 1. The second-order valence-corrected chi connectivity index (χ2v) is 5.81. The van der Waals surface area contributed by atoms with Crippen LogP contribution in [0.25, 0.3) is 33.3 Å². The van der Waals surface area contributed by atoms with Crippen molar-refractivity contribution in [2.24, 2.45) is 0 Å². The lowest BCUT2D eigenvalue weighted by Crippen LogP contribution is -1.98. The molecule has 0 aliphatic rings. The molecule has 4 rings (SSSR count). The number of hydrogen-bond acceptors (Lipinski definition) is 4. The Hall–Kier alpha value is -2.40. The van der Waals surface area contributed by atoms with Crippen molar-refractivity contribution in [3.05, 3.63) is 42.4 Å². The Balaban J connectivity index is 1.95. The number of aromatic nitrogens is 4. The molecular formula is C17H15ClN4O. The van der Waals surface area contributed by atoms with Gasteiger partial charge in [-0.15, -0.1) is 11.6 Å². The summed E-state index contributed by atoms with van der Waals surface area (Å²) in [6.45, 7) is 2.64. The van der Waals surface area contributed by atoms with Crippen molar-refractivity contribution in [3.63, 3.8) is 0 Å². The molecule has 116 valence electrons. The van der Waals surface area contributed by atoms with Crippen molar-refractivity contribution >= 4 is 33.4 Å². The number of nitrogens with zero attached hydrogens (tertiary/aromatic N) is 4. The Morgan fingerprint density at radius 2 is 2.04 bits per heavy atom. The van der Waals surface area contributed by atoms with Crippen LogP contribution in [-0.2, 0) is 6.54 Å². The standard InChI is InChI=1S/C17H15ClN4O/c1-11-20-17(21-23-11)14-9-13-12-5-2-3-6-15(12)22(8-4-7-18)16(13)10-19-14/h2-3,5-6,9-10H,4,7-8H2,1H3. The molecule has 5 nitrogen and oxygen atoms in total. The number of halogens is 1. The molecule has 0 amide bonds. The quantitative estimate of drug-likeness (QED) is 0.528. The van der Waals surface area contributed by atoms with E-state index in [4.69, 9.17) is 16.1 Å². The molecule has 23 heavy (non-hydrogen) atoms. The lowest BCUT2D eigenvalue weighted by atomic mass is 10.1. The van der Waals surface area contributed by atoms with Gasteiger partial charge in [-0.25, -0.2) is 0 Å². The van der Waals surface area contributed by atoms with Gasteiger partial charge >= 0.3 is 0 Å². The first-order chi connectivity index (χ1) is 11.3. The van der Waals surface area contributed by atoms with Gasteiger partial charge in [0.05, 0.1) is 11.7 Å². The van der Waals surface area contributed by atoms with Crippen molar-refractivity contribution in [1.82, 2.24) is 19.7 Å². The highest BCUT2D eigenvalue weighted by Crippen LogP contribution is 2.30. The van der Waals surface area contributed by atoms with Crippen LogP contribution in [0.2, 0.25) is 0 Å². The van der Waals surface area contributed by atoms with Gasteiger partial charge < -0.3 is 9.09 Å². The summed E-state index contributed by atoms with van der Waals surface area (Å²) in [6, 6.07) is 10.4. The first kappa shape index (κ1) is 14.2. The monoisotopic (exact) mass is 326 g/mol. The Morgan fingerprint density at radius 3 is 2.83 bits per heavy atom. The minimum absolute atomic E-state index is 0.516. The maximum absolute atomic E-state index is 5.87. The fourth-order valence-electron chi connectivity index (χ4n) is 2.93. The van der Waals surface area contributed by atoms with Gasteiger partial charge in [0, 0.05) is 35.6 Å². The van der Waals surface area contributed by atoms with Gasteiger partial charge in [0.2, 0.25) is 11.7 Å². The van der Waals surface area contributed by atoms with E-state index >= 15 is 0 Å². The summed E-state index contributed by atoms with van der Waals surface area (Å²) in [5.41, 5.74) is 3.01. The molecule has 0 aliphatic carbocycles. The van der Waals surface area contributed by atoms with Gasteiger partial charge in [-0.2, -0.15) is 4.98 Å². The SMILES string of the molecule is Cc1nc(-c2cc3c4ccccc4n(CCCCl)c3cn2)no1. The van der Waals surface area contributed by atoms with Crippen molar-refractivity contribution in [2.45, 2.75) is 19.9 Å². The molecule has 0 saturated heterocycles. The normalized spacial score (nSPS) is 11.6. The molecule has 4 aromatic rings. The lowest BCUT2D eigenvalue weighted by molar-refractivity contribution is 0.394. The average Bonchev–Trinajstić information content (AvgIpc) is 3.14. The van der Waals surface area contributed by atoms with Crippen molar-refractivity contribution < 1.29 is 4.52 Å². The number of rotatable bonds is 4. The molecule has 3 aromatic heterocycles. The Kier molecular flexibility index (Phi) is 3.50. The lowest BCUT2D eigenvalue weighted by Gasteiger charge is -2.05. The van der Waals surface area contributed by atoms with Crippen molar-refractivity contribution in [1.29, 1.82) is 0 Å². The van der Waals surface area contributed by atoms with E-state index in [2.05, 4.69) is 37.9 Å². The second-order valence-electron chi connectivity index (χ2n) is 5.44. The molecule has 0 radical (unpaired) electrons. The largest absolute Gasteiger partial charge is 0.339 e. The third kappa shape index (κ3) is 2.37. The minimum Gasteiger partial charge on any atom is -0.339 e. The van der Waals surface area contributed by atoms with E-state index in [0.29, 0.717) is 17.6 Å². The summed E-state index contributed by atoms with van der Waals surface area (Å²) in [7, 11) is 0. The molecule has 0 saturated carbocycles. The van der Waals surface area contributed by atoms with Crippen LogP contribution in [0.4, 0.5) is 0 Å². The van der Waals surface area contributed by atoms with E-state index in [1.807, 2.05) is 18.3 Å². The zero-order valence-electron chi connectivity index (χ0n) is 12.7. The number of alkyl halides is 1. The van der Waals surface area contributed by atoms with E-state index in [0.717, 1.165) is 29.6 Å². The molecule has 3 heterocycles. The number of aryl methyl sites for hydroxylation is 2. The van der Waals surface area contributed by atoms with Gasteiger partial charge in [0.15, 0.2) is 0 Å². The summed E-state index contributed by atoms with van der Waals surface area (Å²) in [6.07, 6.45) is 2.80. The first-order valence-electron chi connectivity index (χ1n) is 7.51.